The summed E-state index contributed by atoms with van der Waals surface area (Å²) in [7, 11) is -2.23. The molecular weight excluding hydrogens is 276 g/mol. The largest absolute Gasteiger partial charge is 0.384 e. The first-order valence-corrected chi connectivity index (χ1v) is 8.04. The molecule has 1 aliphatic rings. The number of hydrogen-bond donors (Lipinski definition) is 1. The number of ether oxygens (including phenoxy) is 1. The summed E-state index contributed by atoms with van der Waals surface area (Å²) in [4.78, 5) is 16.4. The lowest BCUT2D eigenvalue weighted by molar-refractivity contribution is 0.0984. The molecule has 0 aromatic carbocycles. The van der Waals surface area contributed by atoms with Gasteiger partial charge in [-0.05, 0) is 12.8 Å². The number of amides is 1. The summed E-state index contributed by atoms with van der Waals surface area (Å²) in [6.45, 7) is 0.0563. The van der Waals surface area contributed by atoms with Crippen molar-refractivity contribution in [2.24, 2.45) is 0 Å². The van der Waals surface area contributed by atoms with Crippen molar-refractivity contribution in [3.8, 4) is 0 Å². The first-order valence-electron chi connectivity index (χ1n) is 5.50. The fraction of sp³-hybridized carbons (Fsp3) is 0.600. The second-order valence-corrected chi connectivity index (χ2v) is 6.78. The van der Waals surface area contributed by atoms with E-state index in [0.29, 0.717) is 10.8 Å². The number of nitrogens with one attached hydrogen (secondary N) is 1. The minimum Gasteiger partial charge on any atom is -0.384 e. The number of nitrogens with zero attached hydrogens (tertiary/aromatic N) is 1. The van der Waals surface area contributed by atoms with E-state index in [2.05, 4.69) is 9.72 Å². The lowest BCUT2D eigenvalue weighted by Gasteiger charge is -2.05. The molecule has 18 heavy (non-hydrogen) atoms. The van der Waals surface area contributed by atoms with Gasteiger partial charge < -0.3 is 4.74 Å². The molecule has 0 bridgehead atoms. The van der Waals surface area contributed by atoms with Gasteiger partial charge in [-0.2, -0.15) is 0 Å². The molecule has 1 fully saturated rings. The van der Waals surface area contributed by atoms with E-state index in [4.69, 9.17) is 0 Å². The third-order valence-electron chi connectivity index (χ3n) is 2.57. The lowest BCUT2D eigenvalue weighted by Crippen LogP contribution is -2.33. The maximum atomic E-state index is 11.9. The van der Waals surface area contributed by atoms with Crippen molar-refractivity contribution in [1.82, 2.24) is 9.71 Å². The van der Waals surface area contributed by atoms with Crippen LogP contribution in [-0.4, -0.2) is 38.8 Å². The van der Waals surface area contributed by atoms with E-state index in [1.807, 2.05) is 4.72 Å². The molecule has 1 aromatic rings. The topological polar surface area (TPSA) is 85.4 Å². The van der Waals surface area contributed by atoms with Crippen LogP contribution in [0, 0.1) is 0 Å². The Bertz CT molecular complexity index is 534. The highest BCUT2D eigenvalue weighted by Crippen LogP contribution is 2.41. The molecule has 2 rings (SSSR count). The molecule has 0 unspecified atom stereocenters. The zero-order valence-electron chi connectivity index (χ0n) is 9.88. The van der Waals surface area contributed by atoms with Crippen molar-refractivity contribution in [3.05, 3.63) is 16.1 Å². The Morgan fingerprint density at radius 3 is 2.94 bits per heavy atom. The van der Waals surface area contributed by atoms with Crippen LogP contribution >= 0.6 is 11.3 Å². The van der Waals surface area contributed by atoms with Gasteiger partial charge in [-0.1, -0.05) is 0 Å². The predicted octanol–water partition coefficient (Wildman–Crippen LogP) is 0.726. The normalized spacial score (nSPS) is 15.6. The van der Waals surface area contributed by atoms with Crippen LogP contribution in [0.25, 0.3) is 0 Å². The van der Waals surface area contributed by atoms with Crippen molar-refractivity contribution >= 4 is 27.3 Å². The zero-order valence-corrected chi connectivity index (χ0v) is 11.5. The smallest absolute Gasteiger partial charge is 0.276 e. The Morgan fingerprint density at radius 2 is 2.33 bits per heavy atom. The number of hydrogen-bond acceptors (Lipinski definition) is 6. The molecule has 100 valence electrons. The molecule has 6 nitrogen and oxygen atoms in total. The van der Waals surface area contributed by atoms with Crippen LogP contribution in [0.1, 0.15) is 34.1 Å². The predicted molar refractivity (Wildman–Crippen MR) is 67.2 cm³/mol. The third-order valence-corrected chi connectivity index (χ3v) is 4.61. The van der Waals surface area contributed by atoms with E-state index in [0.717, 1.165) is 18.5 Å². The Kier molecular flexibility index (Phi) is 3.98. The first kappa shape index (κ1) is 13.4. The van der Waals surface area contributed by atoms with Crippen molar-refractivity contribution < 1.29 is 17.9 Å². The zero-order chi connectivity index (χ0) is 13.2. The standard InChI is InChI=1S/C10H14N2O4S2/c1-16-4-5-18(14,15)12-10(13)9-8(7-2-3-7)11-6-17-9/h6-7H,2-5H2,1H3,(H,12,13). The minimum atomic E-state index is -3.64. The van der Waals surface area contributed by atoms with Gasteiger partial charge >= 0.3 is 0 Å². The van der Waals surface area contributed by atoms with Gasteiger partial charge in [-0.15, -0.1) is 11.3 Å². The van der Waals surface area contributed by atoms with Crippen LogP contribution in [-0.2, 0) is 14.8 Å². The van der Waals surface area contributed by atoms with Crippen LogP contribution in [0.2, 0.25) is 0 Å². The SMILES string of the molecule is COCCS(=O)(=O)NC(=O)c1scnc1C1CC1. The number of aromatic nitrogens is 1. The second kappa shape index (κ2) is 5.33. The quantitative estimate of drug-likeness (QED) is 0.834. The highest BCUT2D eigenvalue weighted by molar-refractivity contribution is 7.90. The number of methoxy groups -OCH3 is 1. The first-order chi connectivity index (χ1) is 8.53. The van der Waals surface area contributed by atoms with Gasteiger partial charge in [0.05, 0.1) is 23.6 Å². The average Bonchev–Trinajstić information content (AvgIpc) is 3.03. The van der Waals surface area contributed by atoms with Crippen molar-refractivity contribution in [3.63, 3.8) is 0 Å². The Balaban J connectivity index is 2.05. The van der Waals surface area contributed by atoms with Crippen LogP contribution in [0.4, 0.5) is 0 Å². The van der Waals surface area contributed by atoms with E-state index >= 15 is 0 Å². The third kappa shape index (κ3) is 3.27. The molecule has 1 amide bonds. The van der Waals surface area contributed by atoms with Gasteiger partial charge in [0.1, 0.15) is 4.88 Å². The molecule has 0 radical (unpaired) electrons. The fourth-order valence-corrected chi connectivity index (χ4v) is 3.21. The number of sulfonamides is 1. The molecular formula is C10H14N2O4S2. The summed E-state index contributed by atoms with van der Waals surface area (Å²) in [6.07, 6.45) is 2.03. The van der Waals surface area contributed by atoms with E-state index < -0.39 is 15.9 Å². The average molecular weight is 290 g/mol. The van der Waals surface area contributed by atoms with E-state index in [9.17, 15) is 13.2 Å². The maximum absolute atomic E-state index is 11.9. The maximum Gasteiger partial charge on any atom is 0.276 e. The number of carbonyl (C=O) groups excluding carboxylic acids is 1. The number of rotatable bonds is 6. The monoisotopic (exact) mass is 290 g/mol. The van der Waals surface area contributed by atoms with Crippen LogP contribution in [0.3, 0.4) is 0 Å². The van der Waals surface area contributed by atoms with Crippen molar-refractivity contribution in [2.45, 2.75) is 18.8 Å². The molecule has 0 spiro atoms. The molecule has 1 aliphatic carbocycles. The minimum absolute atomic E-state index is 0.0563. The van der Waals surface area contributed by atoms with E-state index in [-0.39, 0.29) is 12.4 Å². The Morgan fingerprint density at radius 1 is 1.61 bits per heavy atom. The summed E-state index contributed by atoms with van der Waals surface area (Å²) in [5.74, 6) is -0.499. The van der Waals surface area contributed by atoms with Crippen LogP contribution in [0.15, 0.2) is 5.51 Å². The van der Waals surface area contributed by atoms with Gasteiger partial charge in [0, 0.05) is 13.0 Å². The summed E-state index contributed by atoms with van der Waals surface area (Å²) in [5, 5.41) is 0. The summed E-state index contributed by atoms with van der Waals surface area (Å²) in [6, 6.07) is 0. The van der Waals surface area contributed by atoms with Crippen LogP contribution in [0.5, 0.6) is 0 Å². The van der Waals surface area contributed by atoms with Crippen molar-refractivity contribution in [1.29, 1.82) is 0 Å². The molecule has 0 aliphatic heterocycles. The summed E-state index contributed by atoms with van der Waals surface area (Å²) >= 11 is 1.17. The lowest BCUT2D eigenvalue weighted by atomic mass is 10.2. The second-order valence-electron chi connectivity index (χ2n) is 4.08. The Labute approximate surface area is 109 Å². The van der Waals surface area contributed by atoms with Gasteiger partial charge in [-0.3, -0.25) is 4.79 Å². The molecule has 0 saturated heterocycles. The molecule has 1 heterocycles. The van der Waals surface area contributed by atoms with Gasteiger partial charge in [0.25, 0.3) is 5.91 Å². The highest BCUT2D eigenvalue weighted by atomic mass is 32.2. The van der Waals surface area contributed by atoms with E-state index in [1.54, 1.807) is 5.51 Å². The fourth-order valence-electron chi connectivity index (χ4n) is 1.50. The molecule has 8 heteroatoms. The molecule has 1 aromatic heterocycles. The van der Waals surface area contributed by atoms with Gasteiger partial charge in [0.2, 0.25) is 10.0 Å². The number of carbonyl (C=O) groups is 1. The number of thiazole rings is 1. The molecule has 1 saturated carbocycles. The van der Waals surface area contributed by atoms with E-state index in [1.165, 1.54) is 18.4 Å². The summed E-state index contributed by atoms with van der Waals surface area (Å²) < 4.78 is 29.9. The van der Waals surface area contributed by atoms with Gasteiger partial charge in [0.15, 0.2) is 0 Å². The van der Waals surface area contributed by atoms with Crippen LogP contribution < -0.4 is 4.72 Å². The summed E-state index contributed by atoms with van der Waals surface area (Å²) in [5.41, 5.74) is 2.30. The van der Waals surface area contributed by atoms with Crippen molar-refractivity contribution in [2.75, 3.05) is 19.5 Å². The highest BCUT2D eigenvalue weighted by Gasteiger charge is 2.31. The Hall–Kier alpha value is -0.990. The molecule has 0 atom stereocenters. The molecule has 1 N–H and O–H groups in total. The van der Waals surface area contributed by atoms with Gasteiger partial charge in [-0.25, -0.2) is 18.1 Å².